The van der Waals surface area contributed by atoms with Crippen molar-refractivity contribution in [2.75, 3.05) is 0 Å². The molecule has 0 aromatic carbocycles. The van der Waals surface area contributed by atoms with Gasteiger partial charge in [0.25, 0.3) is 0 Å². The van der Waals surface area contributed by atoms with E-state index in [1.165, 1.54) is 0 Å². The standard InChI is InChI=1S/C5H7NO.FH/c1-5-4-6-2-3-7-5;/h2-4,6H,1H3;1H. The highest BCUT2D eigenvalue weighted by molar-refractivity contribution is 4.97. The van der Waals surface area contributed by atoms with Crippen LogP contribution in [0, 0.1) is 0 Å². The van der Waals surface area contributed by atoms with Crippen LogP contribution in [0.2, 0.25) is 0 Å². The Kier molecular flexibility index (Phi) is 2.69. The van der Waals surface area contributed by atoms with E-state index in [9.17, 15) is 0 Å². The molecule has 3 heteroatoms. The summed E-state index contributed by atoms with van der Waals surface area (Å²) >= 11 is 0. The van der Waals surface area contributed by atoms with E-state index in [1.807, 2.05) is 6.92 Å². The minimum absolute atomic E-state index is 0. The van der Waals surface area contributed by atoms with Gasteiger partial charge in [-0.25, -0.2) is 0 Å². The number of nitrogens with one attached hydrogen (secondary N) is 1. The molecule has 1 aliphatic rings. The first-order valence-electron chi connectivity index (χ1n) is 2.14. The van der Waals surface area contributed by atoms with Crippen molar-refractivity contribution in [3.8, 4) is 0 Å². The fourth-order valence-electron chi connectivity index (χ4n) is 0.380. The maximum atomic E-state index is 4.90. The van der Waals surface area contributed by atoms with Gasteiger partial charge in [0, 0.05) is 12.4 Å². The van der Waals surface area contributed by atoms with Crippen LogP contribution in [-0.4, -0.2) is 0 Å². The van der Waals surface area contributed by atoms with Gasteiger partial charge in [-0.05, 0) is 6.92 Å². The maximum Gasteiger partial charge on any atom is 0.116 e. The fourth-order valence-corrected chi connectivity index (χ4v) is 0.380. The van der Waals surface area contributed by atoms with Gasteiger partial charge >= 0.3 is 0 Å². The number of hydrogen-bond donors (Lipinski definition) is 1. The van der Waals surface area contributed by atoms with E-state index in [-0.39, 0.29) is 4.70 Å². The molecule has 1 rings (SSSR count). The van der Waals surface area contributed by atoms with Crippen molar-refractivity contribution in [1.29, 1.82) is 0 Å². The van der Waals surface area contributed by atoms with E-state index in [0.717, 1.165) is 5.76 Å². The molecule has 2 nitrogen and oxygen atoms in total. The molecule has 0 saturated heterocycles. The molecular weight excluding hydrogens is 109 g/mol. The number of halogens is 1. The van der Waals surface area contributed by atoms with Crippen LogP contribution < -0.4 is 5.32 Å². The Hall–Kier alpha value is -0.990. The third-order valence-electron chi connectivity index (χ3n) is 0.705. The number of hydrogen-bond acceptors (Lipinski definition) is 2. The van der Waals surface area contributed by atoms with Gasteiger partial charge in [-0.15, -0.1) is 0 Å². The Bertz CT molecular complexity index is 120. The topological polar surface area (TPSA) is 21.3 Å². The van der Waals surface area contributed by atoms with Gasteiger partial charge in [0.1, 0.15) is 12.0 Å². The van der Waals surface area contributed by atoms with Gasteiger partial charge < -0.3 is 10.1 Å². The molecule has 0 aromatic rings. The second-order valence-corrected chi connectivity index (χ2v) is 1.34. The third-order valence-corrected chi connectivity index (χ3v) is 0.705. The molecule has 0 spiro atoms. The normalized spacial score (nSPS) is 14.9. The van der Waals surface area contributed by atoms with E-state index in [1.54, 1.807) is 18.7 Å². The van der Waals surface area contributed by atoms with Crippen LogP contribution >= 0.6 is 0 Å². The summed E-state index contributed by atoms with van der Waals surface area (Å²) in [7, 11) is 0. The van der Waals surface area contributed by atoms with Crippen molar-refractivity contribution >= 4 is 0 Å². The predicted molar refractivity (Wildman–Crippen MR) is 29.6 cm³/mol. The van der Waals surface area contributed by atoms with Crippen LogP contribution in [0.3, 0.4) is 0 Å². The van der Waals surface area contributed by atoms with Gasteiger partial charge in [-0.1, -0.05) is 0 Å². The van der Waals surface area contributed by atoms with Gasteiger partial charge in [0.15, 0.2) is 0 Å². The second kappa shape index (κ2) is 3.07. The van der Waals surface area contributed by atoms with Crippen LogP contribution in [0.15, 0.2) is 24.4 Å². The van der Waals surface area contributed by atoms with E-state index in [0.29, 0.717) is 0 Å². The summed E-state index contributed by atoms with van der Waals surface area (Å²) in [6.07, 6.45) is 5.13. The van der Waals surface area contributed by atoms with Gasteiger partial charge in [-0.2, -0.15) is 0 Å². The van der Waals surface area contributed by atoms with E-state index in [4.69, 9.17) is 4.74 Å². The third kappa shape index (κ3) is 1.64. The van der Waals surface area contributed by atoms with Crippen LogP contribution in [0.4, 0.5) is 4.70 Å². The lowest BCUT2D eigenvalue weighted by Crippen LogP contribution is -1.99. The quantitative estimate of drug-likeness (QED) is 0.512. The summed E-state index contributed by atoms with van der Waals surface area (Å²) in [5.74, 6) is 0.891. The van der Waals surface area contributed by atoms with Crippen LogP contribution in [0.25, 0.3) is 0 Å². The Balaban J connectivity index is 0.000000490. The van der Waals surface area contributed by atoms with Crippen molar-refractivity contribution < 1.29 is 9.44 Å². The van der Waals surface area contributed by atoms with E-state index >= 15 is 0 Å². The average Bonchev–Trinajstić information content (AvgIpc) is 1.69. The monoisotopic (exact) mass is 117 g/mol. The lowest BCUT2D eigenvalue weighted by atomic mass is 10.6. The highest BCUT2D eigenvalue weighted by Gasteiger charge is 1.86. The first kappa shape index (κ1) is 7.01. The van der Waals surface area contributed by atoms with Crippen molar-refractivity contribution in [2.45, 2.75) is 6.92 Å². The molecule has 0 fully saturated rings. The van der Waals surface area contributed by atoms with Crippen LogP contribution in [-0.2, 0) is 4.74 Å². The van der Waals surface area contributed by atoms with Crippen LogP contribution in [0.1, 0.15) is 6.92 Å². The number of ether oxygens (including phenoxy) is 1. The summed E-state index contributed by atoms with van der Waals surface area (Å²) in [5.41, 5.74) is 0. The van der Waals surface area contributed by atoms with Crippen molar-refractivity contribution in [2.24, 2.45) is 0 Å². The molecule has 0 unspecified atom stereocenters. The van der Waals surface area contributed by atoms with Crippen LogP contribution in [0.5, 0.6) is 0 Å². The summed E-state index contributed by atoms with van der Waals surface area (Å²) < 4.78 is 4.90. The summed E-state index contributed by atoms with van der Waals surface area (Å²) in [6, 6.07) is 0. The second-order valence-electron chi connectivity index (χ2n) is 1.34. The molecule has 1 aliphatic heterocycles. The summed E-state index contributed by atoms with van der Waals surface area (Å²) in [6.45, 7) is 1.89. The molecule has 0 atom stereocenters. The summed E-state index contributed by atoms with van der Waals surface area (Å²) in [4.78, 5) is 0. The van der Waals surface area contributed by atoms with Gasteiger partial charge in [0.2, 0.25) is 0 Å². The average molecular weight is 117 g/mol. The highest BCUT2D eigenvalue weighted by atomic mass is 19.0. The largest absolute Gasteiger partial charge is 0.467 e. The van der Waals surface area contributed by atoms with Crippen molar-refractivity contribution in [3.05, 3.63) is 24.4 Å². The molecule has 0 aromatic heterocycles. The zero-order valence-electron chi connectivity index (χ0n) is 4.55. The minimum atomic E-state index is 0. The Morgan fingerprint density at radius 1 is 1.62 bits per heavy atom. The molecule has 0 bridgehead atoms. The van der Waals surface area contributed by atoms with Crippen molar-refractivity contribution in [3.63, 3.8) is 0 Å². The number of rotatable bonds is 0. The molecule has 1 N–H and O–H groups in total. The smallest absolute Gasteiger partial charge is 0.116 e. The zero-order chi connectivity index (χ0) is 5.11. The number of allylic oxidation sites excluding steroid dienone is 1. The van der Waals surface area contributed by atoms with Gasteiger partial charge in [0.05, 0.1) is 0 Å². The first-order valence-corrected chi connectivity index (χ1v) is 2.14. The maximum absolute atomic E-state index is 4.90. The first-order chi connectivity index (χ1) is 3.39. The summed E-state index contributed by atoms with van der Waals surface area (Å²) in [5, 5.41) is 2.87. The Morgan fingerprint density at radius 3 is 2.62 bits per heavy atom. The Labute approximate surface area is 47.2 Å². The van der Waals surface area contributed by atoms with Gasteiger partial charge in [-0.3, -0.25) is 4.70 Å². The molecule has 0 radical (unpaired) electrons. The molecular formula is C5H8FNO. The molecule has 0 amide bonds. The molecule has 8 heavy (non-hydrogen) atoms. The molecule has 46 valence electrons. The zero-order valence-corrected chi connectivity index (χ0v) is 4.55. The lowest BCUT2D eigenvalue weighted by Gasteiger charge is -2.03. The molecule has 0 saturated carbocycles. The molecule has 0 aliphatic carbocycles. The SMILES string of the molecule is CC1=CNC=CO1.F. The van der Waals surface area contributed by atoms with Crippen molar-refractivity contribution in [1.82, 2.24) is 5.32 Å². The lowest BCUT2D eigenvalue weighted by molar-refractivity contribution is 0.340. The Morgan fingerprint density at radius 2 is 2.38 bits per heavy atom. The predicted octanol–water partition coefficient (Wildman–Crippen LogP) is 1.09. The van der Waals surface area contributed by atoms with E-state index < -0.39 is 0 Å². The molecule has 1 heterocycles. The fraction of sp³-hybridized carbons (Fsp3) is 0.200. The van der Waals surface area contributed by atoms with E-state index in [2.05, 4.69) is 5.32 Å². The minimum Gasteiger partial charge on any atom is -0.467 e. The highest BCUT2D eigenvalue weighted by Crippen LogP contribution is 1.96.